The van der Waals surface area contributed by atoms with Gasteiger partial charge in [0, 0.05) is 12.1 Å². The summed E-state index contributed by atoms with van der Waals surface area (Å²) in [7, 11) is 0. The summed E-state index contributed by atoms with van der Waals surface area (Å²) in [4.78, 5) is 0. The highest BCUT2D eigenvalue weighted by Gasteiger charge is 2.41. The zero-order chi connectivity index (χ0) is 13.5. The van der Waals surface area contributed by atoms with Crippen molar-refractivity contribution in [2.24, 2.45) is 11.8 Å². The number of hydrogen-bond acceptors (Lipinski definition) is 1. The third kappa shape index (κ3) is 2.35. The van der Waals surface area contributed by atoms with Crippen molar-refractivity contribution >= 4 is 10.8 Å². The number of hydrogen-bond donors (Lipinski definition) is 1. The first kappa shape index (κ1) is 12.4. The lowest BCUT2D eigenvalue weighted by atomic mass is 9.97. The Kier molecular flexibility index (Phi) is 3.03. The van der Waals surface area contributed by atoms with Crippen LogP contribution < -0.4 is 5.32 Å². The molecule has 1 atom stereocenters. The van der Waals surface area contributed by atoms with E-state index in [0.29, 0.717) is 6.04 Å². The van der Waals surface area contributed by atoms with Crippen LogP contribution in [-0.2, 0) is 0 Å². The molecule has 2 aromatic rings. The summed E-state index contributed by atoms with van der Waals surface area (Å²) in [6, 6.07) is 16.7. The van der Waals surface area contributed by atoms with Gasteiger partial charge in [-0.15, -0.1) is 0 Å². The first-order valence-electron chi connectivity index (χ1n) is 8.06. The first-order valence-corrected chi connectivity index (χ1v) is 8.06. The molecule has 2 saturated carbocycles. The maximum atomic E-state index is 3.95. The van der Waals surface area contributed by atoms with E-state index in [-0.39, 0.29) is 0 Å². The Morgan fingerprint density at radius 3 is 2.25 bits per heavy atom. The van der Waals surface area contributed by atoms with Crippen molar-refractivity contribution in [2.45, 2.75) is 44.7 Å². The van der Waals surface area contributed by atoms with Gasteiger partial charge < -0.3 is 5.32 Å². The lowest BCUT2D eigenvalue weighted by Crippen LogP contribution is -2.35. The zero-order valence-electron chi connectivity index (χ0n) is 12.2. The second-order valence-corrected chi connectivity index (χ2v) is 6.66. The molecule has 0 aliphatic heterocycles. The van der Waals surface area contributed by atoms with Crippen LogP contribution in [0.4, 0.5) is 0 Å². The molecule has 0 heterocycles. The van der Waals surface area contributed by atoms with Gasteiger partial charge in [0.15, 0.2) is 0 Å². The molecule has 20 heavy (non-hydrogen) atoms. The lowest BCUT2D eigenvalue weighted by molar-refractivity contribution is 0.378. The summed E-state index contributed by atoms with van der Waals surface area (Å²) >= 11 is 0. The summed E-state index contributed by atoms with van der Waals surface area (Å²) in [5.41, 5.74) is 1.45. The van der Waals surface area contributed by atoms with Crippen molar-refractivity contribution < 1.29 is 0 Å². The third-order valence-corrected chi connectivity index (χ3v) is 4.99. The second-order valence-electron chi connectivity index (χ2n) is 6.66. The van der Waals surface area contributed by atoms with Gasteiger partial charge in [0.1, 0.15) is 0 Å². The van der Waals surface area contributed by atoms with E-state index in [1.807, 2.05) is 0 Å². The summed E-state index contributed by atoms with van der Waals surface area (Å²) < 4.78 is 0. The molecule has 1 nitrogen and oxygen atoms in total. The normalized spacial score (nSPS) is 20.5. The summed E-state index contributed by atoms with van der Waals surface area (Å²) in [6.07, 6.45) is 5.76. The van der Waals surface area contributed by atoms with Crippen molar-refractivity contribution in [3.63, 3.8) is 0 Å². The van der Waals surface area contributed by atoms with Crippen LogP contribution in [0, 0.1) is 11.8 Å². The van der Waals surface area contributed by atoms with Crippen molar-refractivity contribution in [3.05, 3.63) is 48.0 Å². The smallest absolute Gasteiger partial charge is 0.0300 e. The predicted octanol–water partition coefficient (Wildman–Crippen LogP) is 4.68. The van der Waals surface area contributed by atoms with Crippen LogP contribution in [0.3, 0.4) is 0 Å². The zero-order valence-corrected chi connectivity index (χ0v) is 12.2. The van der Waals surface area contributed by atoms with Crippen LogP contribution in [0.5, 0.6) is 0 Å². The highest BCUT2D eigenvalue weighted by Crippen LogP contribution is 2.45. The van der Waals surface area contributed by atoms with Crippen LogP contribution in [0.1, 0.15) is 44.2 Å². The van der Waals surface area contributed by atoms with Crippen LogP contribution in [0.25, 0.3) is 10.8 Å². The topological polar surface area (TPSA) is 12.0 Å². The molecule has 4 rings (SSSR count). The van der Waals surface area contributed by atoms with E-state index >= 15 is 0 Å². The lowest BCUT2D eigenvalue weighted by Gasteiger charge is -2.24. The fourth-order valence-corrected chi connectivity index (χ4v) is 3.57. The molecular formula is C19H23N. The highest BCUT2D eigenvalue weighted by molar-refractivity contribution is 5.86. The maximum absolute atomic E-state index is 3.95. The molecule has 2 aliphatic carbocycles. The quantitative estimate of drug-likeness (QED) is 0.827. The molecule has 1 heteroatoms. The minimum Gasteiger partial charge on any atom is -0.307 e. The van der Waals surface area contributed by atoms with Crippen LogP contribution in [0.15, 0.2) is 42.5 Å². The van der Waals surface area contributed by atoms with Crippen LogP contribution in [-0.4, -0.2) is 6.04 Å². The van der Waals surface area contributed by atoms with Gasteiger partial charge in [0.05, 0.1) is 0 Å². The molecule has 0 radical (unpaired) electrons. The molecule has 2 aromatic carbocycles. The SMILES string of the molecule is CC(NC(C1CC1)C1CC1)c1cccc2ccccc12. The fourth-order valence-electron chi connectivity index (χ4n) is 3.57. The van der Waals surface area contributed by atoms with Crippen molar-refractivity contribution in [1.82, 2.24) is 5.32 Å². The minimum absolute atomic E-state index is 0.451. The number of nitrogens with one attached hydrogen (secondary N) is 1. The summed E-state index contributed by atoms with van der Waals surface area (Å²) in [6.45, 7) is 2.33. The molecule has 2 fully saturated rings. The van der Waals surface area contributed by atoms with E-state index in [2.05, 4.69) is 54.7 Å². The first-order chi connectivity index (χ1) is 9.83. The van der Waals surface area contributed by atoms with Gasteiger partial charge in [-0.05, 0) is 60.8 Å². The van der Waals surface area contributed by atoms with E-state index in [1.165, 1.54) is 42.0 Å². The molecule has 1 N–H and O–H groups in total. The second kappa shape index (κ2) is 4.89. The van der Waals surface area contributed by atoms with Crippen molar-refractivity contribution in [1.29, 1.82) is 0 Å². The predicted molar refractivity (Wildman–Crippen MR) is 84.7 cm³/mol. The van der Waals surface area contributed by atoms with Gasteiger partial charge in [-0.25, -0.2) is 0 Å². The van der Waals surface area contributed by atoms with E-state index in [4.69, 9.17) is 0 Å². The Balaban J connectivity index is 1.61. The van der Waals surface area contributed by atoms with Gasteiger partial charge in [-0.2, -0.15) is 0 Å². The monoisotopic (exact) mass is 265 g/mol. The van der Waals surface area contributed by atoms with E-state index in [0.717, 1.165) is 17.9 Å². The van der Waals surface area contributed by atoms with E-state index in [9.17, 15) is 0 Å². The van der Waals surface area contributed by atoms with Crippen LogP contribution in [0.2, 0.25) is 0 Å². The minimum atomic E-state index is 0.451. The maximum Gasteiger partial charge on any atom is 0.0300 e. The molecular weight excluding hydrogens is 242 g/mol. The van der Waals surface area contributed by atoms with Gasteiger partial charge in [-0.1, -0.05) is 42.5 Å². The van der Waals surface area contributed by atoms with Crippen molar-refractivity contribution in [3.8, 4) is 0 Å². The Morgan fingerprint density at radius 1 is 0.900 bits per heavy atom. The number of benzene rings is 2. The summed E-state index contributed by atoms with van der Waals surface area (Å²) in [5, 5.41) is 6.71. The fraction of sp³-hybridized carbons (Fsp3) is 0.474. The van der Waals surface area contributed by atoms with E-state index < -0.39 is 0 Å². The molecule has 1 unspecified atom stereocenters. The standard InChI is InChI=1S/C19H23N/c1-13(20-19(15-9-10-15)16-11-12-16)17-8-4-6-14-5-2-3-7-18(14)17/h2-8,13,15-16,19-20H,9-12H2,1H3. The largest absolute Gasteiger partial charge is 0.307 e. The number of fused-ring (bicyclic) bond motifs is 1. The molecule has 0 saturated heterocycles. The molecule has 0 bridgehead atoms. The number of rotatable bonds is 5. The average molecular weight is 265 g/mol. The van der Waals surface area contributed by atoms with Crippen LogP contribution >= 0.6 is 0 Å². The Labute approximate surface area is 121 Å². The molecule has 0 spiro atoms. The van der Waals surface area contributed by atoms with Gasteiger partial charge in [0.2, 0.25) is 0 Å². The molecule has 2 aliphatic rings. The Hall–Kier alpha value is -1.34. The van der Waals surface area contributed by atoms with Gasteiger partial charge in [-0.3, -0.25) is 0 Å². The van der Waals surface area contributed by atoms with Gasteiger partial charge in [0.25, 0.3) is 0 Å². The van der Waals surface area contributed by atoms with E-state index in [1.54, 1.807) is 0 Å². The molecule has 104 valence electrons. The Bertz CT molecular complexity index is 593. The van der Waals surface area contributed by atoms with Gasteiger partial charge >= 0.3 is 0 Å². The molecule has 0 amide bonds. The Morgan fingerprint density at radius 2 is 1.55 bits per heavy atom. The summed E-state index contributed by atoms with van der Waals surface area (Å²) in [5.74, 6) is 1.92. The molecule has 0 aromatic heterocycles. The van der Waals surface area contributed by atoms with Crippen molar-refractivity contribution in [2.75, 3.05) is 0 Å². The third-order valence-electron chi connectivity index (χ3n) is 4.99. The highest BCUT2D eigenvalue weighted by atomic mass is 15.0. The average Bonchev–Trinajstić information content (AvgIpc) is 3.37.